The molecule has 33 heteroatoms. The minimum absolute atomic E-state index is 0.0162. The maximum absolute atomic E-state index is 14.2. The molecule has 0 aromatic heterocycles. The Bertz CT molecular complexity index is 2150. The number of unbranched alkanes of at least 4 members (excludes halogenated alkanes) is 2. The number of hydrogen-bond donors (Lipinski definition) is 19. The highest BCUT2D eigenvalue weighted by atomic mass is 16.3. The van der Waals surface area contributed by atoms with E-state index in [-0.39, 0.29) is 70.1 Å². The monoisotopic (exact) mass is 1170 g/mol. The molecular formula is C49H94N19O14+. The summed E-state index contributed by atoms with van der Waals surface area (Å²) in [6, 6.07) is -14.4. The molecule has 0 saturated carbocycles. The summed E-state index contributed by atoms with van der Waals surface area (Å²) in [7, 11) is 5.81. The number of primary amides is 1. The number of carbonyl (C=O) groups is 11. The maximum Gasteiger partial charge on any atom is 0.245 e. The van der Waals surface area contributed by atoms with E-state index in [1.54, 1.807) is 0 Å². The zero-order chi connectivity index (χ0) is 62.9. The van der Waals surface area contributed by atoms with Gasteiger partial charge < -0.3 is 113 Å². The summed E-state index contributed by atoms with van der Waals surface area (Å²) in [5, 5.41) is 53.0. The quantitative estimate of drug-likeness (QED) is 0.00887. The van der Waals surface area contributed by atoms with Crippen LogP contribution >= 0.6 is 0 Å². The maximum atomic E-state index is 14.2. The second-order valence-electron chi connectivity index (χ2n) is 20.9. The fourth-order valence-corrected chi connectivity index (χ4v) is 7.56. The molecule has 33 nitrogen and oxygen atoms in total. The zero-order valence-electron chi connectivity index (χ0n) is 48.2. The smallest absolute Gasteiger partial charge is 0.245 e. The van der Waals surface area contributed by atoms with E-state index in [1.165, 1.54) is 20.8 Å². The molecule has 0 aromatic carbocycles. The number of quaternary nitrogens is 1. The lowest BCUT2D eigenvalue weighted by molar-refractivity contribution is -0.870. The Morgan fingerprint density at radius 2 is 0.854 bits per heavy atom. The van der Waals surface area contributed by atoms with Gasteiger partial charge in [0.2, 0.25) is 59.1 Å². The first-order valence-electron chi connectivity index (χ1n) is 27.1. The van der Waals surface area contributed by atoms with Crippen molar-refractivity contribution < 1.29 is 72.5 Å². The van der Waals surface area contributed by atoms with Gasteiger partial charge in [0.05, 0.1) is 52.5 Å². The molecule has 0 bridgehead atoms. The third-order valence-electron chi connectivity index (χ3n) is 12.2. The standard InChI is InChI=1S/C49H93N19O14/c1-26(51)39(74)61-34(17-13-22-58-49(55)56)44(79)67-38(29(4)72)47(82)65-32(15-9-11-23-68(5,6)7)42(77)64-35(18-19-36(52)73)45(80)66-37(28(3)71)46(81)59-27(2)40(75)62-33(16-12-21-57-48(53)54)43(78)63-31(14-8-10-20-50)41(76)60-30(24-69)25-70/h24,26-35,37-38,70-72H,8-23,25,50-51H2,1-7H3,(H18-,52,53,54,55,56,57,58,59,60,61,62,63,64,65,66,67,73,74,75,76,77,78,79,80,81,82)/p+1/t26-,27-,28+,29+,30+,31-,32-,33-,34-,35-,37-,38-/m0/s1. The molecular weight excluding hydrogens is 1080 g/mol. The van der Waals surface area contributed by atoms with Gasteiger partial charge in [0.15, 0.2) is 11.9 Å². The predicted octanol–water partition coefficient (Wildman–Crippen LogP) is -8.95. The number of hydrogen-bond acceptors (Lipinski definition) is 18. The normalized spacial score (nSPS) is 15.6. The average molecular weight is 1170 g/mol. The van der Waals surface area contributed by atoms with Crippen LogP contribution in [0.5, 0.6) is 0 Å². The van der Waals surface area contributed by atoms with Crippen LogP contribution < -0.4 is 88.0 Å². The van der Waals surface area contributed by atoms with Crippen LogP contribution in [0.2, 0.25) is 0 Å². The highest BCUT2D eigenvalue weighted by molar-refractivity contribution is 5.98. The van der Waals surface area contributed by atoms with Crippen LogP contribution in [-0.4, -0.2) is 224 Å². The summed E-state index contributed by atoms with van der Waals surface area (Å²) < 4.78 is 0.540. The van der Waals surface area contributed by atoms with Crippen molar-refractivity contribution >= 4 is 77.3 Å². The first-order valence-corrected chi connectivity index (χ1v) is 27.1. The SMILES string of the molecule is C[C@H](N)C(=O)N[C@@H](CCCN=C(N)N)C(=O)N[C@H](C(=O)N[C@@H](CCCC[N+](C)(C)C)C(=O)N[C@@H](CCC(N)=O)C(=O)N[C@H](C(=O)N[C@@H](C)C(=O)N[C@@H](CCCN=C(N)N)C(=O)N[C@@H](CCCCN)C(=O)N[C@H](C=O)CO)[C@@H](C)O)[C@@H](C)O. The van der Waals surface area contributed by atoms with Crippen LogP contribution in [0.25, 0.3) is 0 Å². The van der Waals surface area contributed by atoms with Crippen LogP contribution in [-0.2, 0) is 52.7 Å². The van der Waals surface area contributed by atoms with Gasteiger partial charge in [0.25, 0.3) is 0 Å². The van der Waals surface area contributed by atoms with Crippen molar-refractivity contribution in [3.05, 3.63) is 0 Å². The third kappa shape index (κ3) is 31.6. The third-order valence-corrected chi connectivity index (χ3v) is 12.2. The fourth-order valence-electron chi connectivity index (χ4n) is 7.56. The van der Waals surface area contributed by atoms with Crippen LogP contribution in [0.15, 0.2) is 9.98 Å². The first kappa shape index (κ1) is 74.7. The topological polar surface area (TPSA) is 564 Å². The van der Waals surface area contributed by atoms with Crippen molar-refractivity contribution in [3.8, 4) is 0 Å². The Morgan fingerprint density at radius 3 is 1.23 bits per heavy atom. The van der Waals surface area contributed by atoms with E-state index in [1.807, 2.05) is 21.1 Å². The van der Waals surface area contributed by atoms with Crippen LogP contribution in [0.3, 0.4) is 0 Å². The molecule has 0 saturated heterocycles. The van der Waals surface area contributed by atoms with Gasteiger partial charge in [-0.05, 0) is 105 Å². The van der Waals surface area contributed by atoms with Crippen LogP contribution in [0.4, 0.5) is 0 Å². The molecule has 10 amide bonds. The van der Waals surface area contributed by atoms with Crippen molar-refractivity contribution in [1.29, 1.82) is 0 Å². The van der Waals surface area contributed by atoms with E-state index < -0.39 is 151 Å². The molecule has 12 atom stereocenters. The molecule has 0 aliphatic heterocycles. The van der Waals surface area contributed by atoms with Gasteiger partial charge in [0.1, 0.15) is 60.7 Å². The Kier molecular flexibility index (Phi) is 35.7. The zero-order valence-corrected chi connectivity index (χ0v) is 48.2. The molecule has 0 aliphatic rings. The number of rotatable bonds is 42. The summed E-state index contributed by atoms with van der Waals surface area (Å²) in [4.78, 5) is 154. The summed E-state index contributed by atoms with van der Waals surface area (Å²) in [6.45, 7) is 5.18. The number of aliphatic hydroxyl groups excluding tert-OH is 3. The second-order valence-corrected chi connectivity index (χ2v) is 20.9. The summed E-state index contributed by atoms with van der Waals surface area (Å²) >= 11 is 0. The molecule has 0 heterocycles. The lowest BCUT2D eigenvalue weighted by atomic mass is 10.0. The molecule has 0 unspecified atom stereocenters. The molecule has 0 aliphatic carbocycles. The van der Waals surface area contributed by atoms with E-state index >= 15 is 0 Å². The first-order chi connectivity index (χ1) is 38.3. The number of guanidine groups is 2. The fraction of sp³-hybridized carbons (Fsp3) is 0.735. The van der Waals surface area contributed by atoms with Gasteiger partial charge >= 0.3 is 0 Å². The van der Waals surface area contributed by atoms with Crippen molar-refractivity contribution in [2.75, 3.05) is 53.9 Å². The van der Waals surface area contributed by atoms with Crippen LogP contribution in [0.1, 0.15) is 105 Å². The van der Waals surface area contributed by atoms with Gasteiger partial charge in [-0.15, -0.1) is 0 Å². The summed E-state index contributed by atoms with van der Waals surface area (Å²) in [5.41, 5.74) is 38.4. The Labute approximate surface area is 478 Å². The molecule has 0 radical (unpaired) electrons. The van der Waals surface area contributed by atoms with E-state index in [0.29, 0.717) is 43.0 Å². The van der Waals surface area contributed by atoms with Crippen LogP contribution in [0, 0.1) is 0 Å². The van der Waals surface area contributed by atoms with Crippen molar-refractivity contribution in [2.24, 2.45) is 50.1 Å². The highest BCUT2D eigenvalue weighted by Crippen LogP contribution is 2.11. The van der Waals surface area contributed by atoms with Crippen molar-refractivity contribution in [2.45, 2.75) is 177 Å². The molecule has 82 heavy (non-hydrogen) atoms. The van der Waals surface area contributed by atoms with Gasteiger partial charge in [-0.2, -0.15) is 0 Å². The largest absolute Gasteiger partial charge is 0.394 e. The number of aliphatic hydroxyl groups is 3. The Hall–Kier alpha value is -7.33. The summed E-state index contributed by atoms with van der Waals surface area (Å²) in [5.74, 6) is -9.89. The van der Waals surface area contributed by atoms with Gasteiger partial charge in [-0.3, -0.25) is 57.9 Å². The Balaban J connectivity index is 6.77. The molecule has 0 aromatic rings. The van der Waals surface area contributed by atoms with Crippen molar-refractivity contribution in [3.63, 3.8) is 0 Å². The molecule has 26 N–H and O–H groups in total. The van der Waals surface area contributed by atoms with E-state index in [4.69, 9.17) is 40.1 Å². The molecule has 468 valence electrons. The number of amides is 10. The lowest BCUT2D eigenvalue weighted by Crippen LogP contribution is -2.62. The van der Waals surface area contributed by atoms with E-state index in [2.05, 4.69) is 57.8 Å². The number of aldehydes is 1. The molecule has 0 rings (SSSR count). The minimum atomic E-state index is -1.84. The van der Waals surface area contributed by atoms with Gasteiger partial charge in [0, 0.05) is 19.5 Å². The molecule has 0 spiro atoms. The minimum Gasteiger partial charge on any atom is -0.394 e. The Morgan fingerprint density at radius 1 is 0.488 bits per heavy atom. The number of nitrogens with zero attached hydrogens (tertiary/aromatic N) is 3. The van der Waals surface area contributed by atoms with E-state index in [9.17, 15) is 68.1 Å². The van der Waals surface area contributed by atoms with E-state index in [0.717, 1.165) is 6.92 Å². The highest BCUT2D eigenvalue weighted by Gasteiger charge is 2.36. The number of carbonyl (C=O) groups excluding carboxylic acids is 11. The number of nitrogens with two attached hydrogens (primary N) is 7. The molecule has 0 fully saturated rings. The second kappa shape index (κ2) is 39.2. The average Bonchev–Trinajstić information content (AvgIpc) is 3.42. The summed E-state index contributed by atoms with van der Waals surface area (Å²) in [6.07, 6.45) is -2.08. The van der Waals surface area contributed by atoms with Gasteiger partial charge in [-0.25, -0.2) is 0 Å². The number of nitrogens with one attached hydrogen (secondary N) is 9. The lowest BCUT2D eigenvalue weighted by Gasteiger charge is -2.29. The van der Waals surface area contributed by atoms with Crippen molar-refractivity contribution in [1.82, 2.24) is 47.9 Å². The van der Waals surface area contributed by atoms with Gasteiger partial charge in [-0.1, -0.05) is 0 Å². The predicted molar refractivity (Wildman–Crippen MR) is 301 cm³/mol. The number of aliphatic imine (C=N–C) groups is 2.